The number of methoxy groups -OCH3 is 1. The molecule has 0 fully saturated rings. The van der Waals surface area contributed by atoms with Crippen LogP contribution in [0.2, 0.25) is 0 Å². The second-order valence-electron chi connectivity index (χ2n) is 3.33. The van der Waals surface area contributed by atoms with Crippen LogP contribution in [0.5, 0.6) is 0 Å². The van der Waals surface area contributed by atoms with Crippen LogP contribution in [0, 0.1) is 6.92 Å². The molecule has 0 spiro atoms. The molecule has 1 radical (unpaired) electrons. The molecule has 13 heavy (non-hydrogen) atoms. The van der Waals surface area contributed by atoms with Crippen molar-refractivity contribution in [2.24, 2.45) is 0 Å². The van der Waals surface area contributed by atoms with Crippen LogP contribution < -0.4 is 0 Å². The molecule has 0 N–H and O–H groups in total. The third-order valence-corrected chi connectivity index (χ3v) is 1.63. The van der Waals surface area contributed by atoms with Gasteiger partial charge in [0.05, 0.1) is 31.5 Å². The molecule has 0 saturated heterocycles. The molecule has 0 amide bonds. The van der Waals surface area contributed by atoms with Gasteiger partial charge in [0.25, 0.3) is 0 Å². The van der Waals surface area contributed by atoms with Crippen LogP contribution >= 0.6 is 0 Å². The Morgan fingerprint density at radius 3 is 2.00 bits per heavy atom. The highest BCUT2D eigenvalue weighted by Gasteiger charge is 2.06. The standard InChI is InChI=1S/C10H21O3/c1-8(2)12-7-10(4)13-6-9(3)11-5/h8-10H,1,6-7H2,2-5H3. The van der Waals surface area contributed by atoms with Crippen molar-refractivity contribution in [3.63, 3.8) is 0 Å². The zero-order chi connectivity index (χ0) is 10.3. The highest BCUT2D eigenvalue weighted by Crippen LogP contribution is 1.98. The van der Waals surface area contributed by atoms with Gasteiger partial charge in [0.15, 0.2) is 0 Å². The van der Waals surface area contributed by atoms with E-state index in [1.54, 1.807) is 7.11 Å². The summed E-state index contributed by atoms with van der Waals surface area (Å²) in [6, 6.07) is 0. The Labute approximate surface area is 81.4 Å². The maximum atomic E-state index is 5.47. The van der Waals surface area contributed by atoms with Gasteiger partial charge in [0, 0.05) is 7.11 Å². The summed E-state index contributed by atoms with van der Waals surface area (Å²) >= 11 is 0. The van der Waals surface area contributed by atoms with Gasteiger partial charge in [-0.15, -0.1) is 0 Å². The molecule has 0 heterocycles. The molecule has 0 aliphatic heterocycles. The molecule has 0 aliphatic carbocycles. The van der Waals surface area contributed by atoms with Crippen LogP contribution in [-0.2, 0) is 14.2 Å². The van der Waals surface area contributed by atoms with E-state index in [2.05, 4.69) is 6.92 Å². The van der Waals surface area contributed by atoms with Gasteiger partial charge in [0.1, 0.15) is 0 Å². The van der Waals surface area contributed by atoms with Gasteiger partial charge in [-0.2, -0.15) is 0 Å². The van der Waals surface area contributed by atoms with E-state index in [9.17, 15) is 0 Å². The summed E-state index contributed by atoms with van der Waals surface area (Å²) in [6.07, 6.45) is 0.257. The van der Waals surface area contributed by atoms with Crippen LogP contribution in [0.3, 0.4) is 0 Å². The second-order valence-corrected chi connectivity index (χ2v) is 3.33. The van der Waals surface area contributed by atoms with Crippen LogP contribution in [0.15, 0.2) is 0 Å². The topological polar surface area (TPSA) is 27.7 Å². The predicted octanol–water partition coefficient (Wildman–Crippen LogP) is 1.67. The van der Waals surface area contributed by atoms with Gasteiger partial charge in [-0.1, -0.05) is 0 Å². The fourth-order valence-electron chi connectivity index (χ4n) is 0.716. The van der Waals surface area contributed by atoms with Gasteiger partial charge in [0.2, 0.25) is 0 Å². The predicted molar refractivity (Wildman–Crippen MR) is 52.7 cm³/mol. The molecule has 0 aromatic rings. The average molecular weight is 189 g/mol. The summed E-state index contributed by atoms with van der Waals surface area (Å²) in [5.41, 5.74) is 0. The van der Waals surface area contributed by atoms with Crippen LogP contribution in [0.4, 0.5) is 0 Å². The molecule has 79 valence electrons. The first-order valence-corrected chi connectivity index (χ1v) is 4.65. The minimum Gasteiger partial charge on any atom is -0.379 e. The number of ether oxygens (including phenoxy) is 3. The zero-order valence-electron chi connectivity index (χ0n) is 9.08. The summed E-state index contributed by atoms with van der Waals surface area (Å²) in [5, 5.41) is 0. The number of hydrogen-bond donors (Lipinski definition) is 0. The van der Waals surface area contributed by atoms with Crippen LogP contribution in [0.1, 0.15) is 20.8 Å². The normalized spacial score (nSPS) is 16.2. The molecular weight excluding hydrogens is 168 g/mol. The minimum absolute atomic E-state index is 0.0194. The van der Waals surface area contributed by atoms with Crippen LogP contribution in [-0.4, -0.2) is 38.6 Å². The van der Waals surface area contributed by atoms with Crippen molar-refractivity contribution in [1.29, 1.82) is 0 Å². The van der Waals surface area contributed by atoms with E-state index in [1.165, 1.54) is 0 Å². The van der Waals surface area contributed by atoms with Crippen molar-refractivity contribution in [3.05, 3.63) is 6.92 Å². The highest BCUT2D eigenvalue weighted by molar-refractivity contribution is 4.55. The maximum Gasteiger partial charge on any atom is 0.0781 e. The van der Waals surface area contributed by atoms with Crippen molar-refractivity contribution in [2.75, 3.05) is 20.3 Å². The van der Waals surface area contributed by atoms with Gasteiger partial charge in [-0.3, -0.25) is 0 Å². The molecule has 0 aromatic carbocycles. The van der Waals surface area contributed by atoms with Crippen molar-refractivity contribution in [1.82, 2.24) is 0 Å². The molecule has 3 unspecified atom stereocenters. The van der Waals surface area contributed by atoms with Gasteiger partial charge < -0.3 is 14.2 Å². The molecule has 0 aromatic heterocycles. The smallest absolute Gasteiger partial charge is 0.0781 e. The van der Waals surface area contributed by atoms with Crippen molar-refractivity contribution in [3.8, 4) is 0 Å². The van der Waals surface area contributed by atoms with Crippen molar-refractivity contribution in [2.45, 2.75) is 39.1 Å². The van der Waals surface area contributed by atoms with E-state index in [4.69, 9.17) is 14.2 Å². The average Bonchev–Trinajstić information content (AvgIpc) is 2.10. The molecule has 0 aliphatic rings. The summed E-state index contributed by atoms with van der Waals surface area (Å²) in [5.74, 6) is 0. The zero-order valence-corrected chi connectivity index (χ0v) is 9.08. The van der Waals surface area contributed by atoms with E-state index in [-0.39, 0.29) is 18.3 Å². The first-order valence-electron chi connectivity index (χ1n) is 4.65. The Morgan fingerprint density at radius 1 is 1.00 bits per heavy atom. The molecule has 3 heteroatoms. The molecule has 0 bridgehead atoms. The monoisotopic (exact) mass is 189 g/mol. The quantitative estimate of drug-likeness (QED) is 0.609. The lowest BCUT2D eigenvalue weighted by molar-refractivity contribution is -0.0535. The third-order valence-electron chi connectivity index (χ3n) is 1.63. The van der Waals surface area contributed by atoms with Gasteiger partial charge in [-0.05, 0) is 27.7 Å². The maximum absolute atomic E-state index is 5.47. The van der Waals surface area contributed by atoms with E-state index < -0.39 is 0 Å². The Kier molecular flexibility index (Phi) is 7.23. The minimum atomic E-state index is 0.0194. The lowest BCUT2D eigenvalue weighted by Crippen LogP contribution is -2.23. The van der Waals surface area contributed by atoms with E-state index in [0.29, 0.717) is 13.2 Å². The Bertz CT molecular complexity index is 115. The first-order chi connectivity index (χ1) is 6.06. The van der Waals surface area contributed by atoms with Gasteiger partial charge in [-0.25, -0.2) is 0 Å². The molecule has 0 rings (SSSR count). The second kappa shape index (κ2) is 7.30. The largest absolute Gasteiger partial charge is 0.379 e. The molecular formula is C10H21O3. The van der Waals surface area contributed by atoms with Crippen molar-refractivity contribution < 1.29 is 14.2 Å². The number of hydrogen-bond acceptors (Lipinski definition) is 3. The van der Waals surface area contributed by atoms with E-state index >= 15 is 0 Å². The molecule has 3 nitrogen and oxygen atoms in total. The van der Waals surface area contributed by atoms with Gasteiger partial charge >= 0.3 is 0 Å². The number of rotatable bonds is 7. The lowest BCUT2D eigenvalue weighted by Gasteiger charge is -2.17. The lowest BCUT2D eigenvalue weighted by atomic mass is 10.4. The summed E-state index contributed by atoms with van der Waals surface area (Å²) < 4.78 is 15.8. The summed E-state index contributed by atoms with van der Waals surface area (Å²) in [4.78, 5) is 0. The fraction of sp³-hybridized carbons (Fsp3) is 0.900. The highest BCUT2D eigenvalue weighted by atomic mass is 16.6. The Morgan fingerprint density at radius 2 is 1.54 bits per heavy atom. The van der Waals surface area contributed by atoms with Crippen LogP contribution in [0.25, 0.3) is 0 Å². The molecule has 0 saturated carbocycles. The fourth-order valence-corrected chi connectivity index (χ4v) is 0.716. The van der Waals surface area contributed by atoms with Crippen molar-refractivity contribution >= 4 is 0 Å². The Hall–Kier alpha value is -0.120. The van der Waals surface area contributed by atoms with E-state index in [0.717, 1.165) is 0 Å². The summed E-state index contributed by atoms with van der Waals surface area (Å²) in [6.45, 7) is 10.8. The first kappa shape index (κ1) is 12.9. The van der Waals surface area contributed by atoms with E-state index in [1.807, 2.05) is 20.8 Å². The summed E-state index contributed by atoms with van der Waals surface area (Å²) in [7, 11) is 1.67. The Balaban J connectivity index is 3.34. The molecule has 3 atom stereocenters. The SMILES string of the molecule is [CH2]C(C)OCC(C)OCC(C)OC. The third kappa shape index (κ3) is 8.22.